The Balaban J connectivity index is 2.14. The first-order valence-corrected chi connectivity index (χ1v) is 5.46. The first-order valence-electron chi connectivity index (χ1n) is 5.08. The molecule has 1 unspecified atom stereocenters. The Morgan fingerprint density at radius 2 is 2.40 bits per heavy atom. The molecule has 1 fully saturated rings. The van der Waals surface area contributed by atoms with Crippen LogP contribution >= 0.6 is 11.6 Å². The van der Waals surface area contributed by atoms with Crippen LogP contribution in [0.5, 0.6) is 0 Å². The fourth-order valence-corrected chi connectivity index (χ4v) is 1.97. The van der Waals surface area contributed by atoms with E-state index in [0.29, 0.717) is 16.8 Å². The molecule has 2 heterocycles. The third-order valence-corrected chi connectivity index (χ3v) is 2.86. The van der Waals surface area contributed by atoms with Crippen LogP contribution in [0.2, 0.25) is 5.15 Å². The lowest BCUT2D eigenvalue weighted by Gasteiger charge is -2.14. The largest absolute Gasteiger partial charge is 0.337 e. The van der Waals surface area contributed by atoms with Gasteiger partial charge in [0.2, 0.25) is 0 Å². The lowest BCUT2D eigenvalue weighted by atomic mass is 10.2. The molecule has 0 radical (unpaired) electrons. The van der Waals surface area contributed by atoms with Crippen molar-refractivity contribution in [3.8, 4) is 0 Å². The summed E-state index contributed by atoms with van der Waals surface area (Å²) in [5, 5.41) is 0.369. The monoisotopic (exact) mass is 224 g/mol. The number of aromatic nitrogens is 1. The van der Waals surface area contributed by atoms with E-state index in [0.717, 1.165) is 19.5 Å². The Morgan fingerprint density at radius 3 is 3.00 bits per heavy atom. The van der Waals surface area contributed by atoms with Crippen molar-refractivity contribution in [1.82, 2.24) is 9.88 Å². The summed E-state index contributed by atoms with van der Waals surface area (Å²) in [7, 11) is 0. The van der Waals surface area contributed by atoms with Gasteiger partial charge in [-0.25, -0.2) is 4.98 Å². The number of hydrogen-bond donors (Lipinski definition) is 0. The van der Waals surface area contributed by atoms with Gasteiger partial charge in [-0.1, -0.05) is 24.6 Å². The van der Waals surface area contributed by atoms with E-state index in [1.54, 1.807) is 18.2 Å². The minimum Gasteiger partial charge on any atom is -0.337 e. The Kier molecular flexibility index (Phi) is 2.91. The molecule has 2 rings (SSSR count). The smallest absolute Gasteiger partial charge is 0.272 e. The van der Waals surface area contributed by atoms with Gasteiger partial charge in [-0.3, -0.25) is 4.79 Å². The van der Waals surface area contributed by atoms with E-state index < -0.39 is 0 Å². The molecule has 0 spiro atoms. The molecule has 15 heavy (non-hydrogen) atoms. The molecule has 4 heteroatoms. The van der Waals surface area contributed by atoms with Gasteiger partial charge in [0.15, 0.2) is 0 Å². The zero-order valence-corrected chi connectivity index (χ0v) is 9.37. The van der Waals surface area contributed by atoms with Gasteiger partial charge in [0, 0.05) is 13.1 Å². The Bertz CT molecular complexity index is 381. The second-order valence-electron chi connectivity index (χ2n) is 3.99. The number of hydrogen-bond acceptors (Lipinski definition) is 2. The second-order valence-corrected chi connectivity index (χ2v) is 4.38. The van der Waals surface area contributed by atoms with Crippen molar-refractivity contribution in [2.24, 2.45) is 5.92 Å². The third-order valence-electron chi connectivity index (χ3n) is 2.65. The Labute approximate surface area is 94.1 Å². The van der Waals surface area contributed by atoms with Gasteiger partial charge in [0.1, 0.15) is 10.8 Å². The second kappa shape index (κ2) is 4.19. The molecule has 1 atom stereocenters. The van der Waals surface area contributed by atoms with Crippen LogP contribution in [-0.2, 0) is 0 Å². The first kappa shape index (κ1) is 10.4. The highest BCUT2D eigenvalue weighted by molar-refractivity contribution is 6.29. The van der Waals surface area contributed by atoms with E-state index in [2.05, 4.69) is 11.9 Å². The summed E-state index contributed by atoms with van der Waals surface area (Å²) < 4.78 is 0. The van der Waals surface area contributed by atoms with Crippen LogP contribution in [-0.4, -0.2) is 28.9 Å². The summed E-state index contributed by atoms with van der Waals surface area (Å²) in [6.07, 6.45) is 1.08. The normalized spacial score (nSPS) is 20.7. The molecular formula is C11H13ClN2O. The van der Waals surface area contributed by atoms with Crippen molar-refractivity contribution in [3.63, 3.8) is 0 Å². The fourth-order valence-electron chi connectivity index (χ4n) is 1.81. The van der Waals surface area contributed by atoms with Crippen LogP contribution in [0.15, 0.2) is 18.2 Å². The highest BCUT2D eigenvalue weighted by Crippen LogP contribution is 2.17. The van der Waals surface area contributed by atoms with E-state index >= 15 is 0 Å². The molecule has 1 saturated heterocycles. The lowest BCUT2D eigenvalue weighted by molar-refractivity contribution is 0.0782. The van der Waals surface area contributed by atoms with Crippen LogP contribution in [0.3, 0.4) is 0 Å². The Hall–Kier alpha value is -1.09. The van der Waals surface area contributed by atoms with E-state index in [1.165, 1.54) is 0 Å². The van der Waals surface area contributed by atoms with Gasteiger partial charge in [-0.05, 0) is 24.5 Å². The van der Waals surface area contributed by atoms with Crippen LogP contribution in [0.4, 0.5) is 0 Å². The molecule has 1 aliphatic rings. The van der Waals surface area contributed by atoms with Gasteiger partial charge in [0.25, 0.3) is 5.91 Å². The molecule has 1 aromatic rings. The van der Waals surface area contributed by atoms with Crippen molar-refractivity contribution in [2.45, 2.75) is 13.3 Å². The average molecular weight is 225 g/mol. The molecule has 0 bridgehead atoms. The van der Waals surface area contributed by atoms with Crippen LogP contribution < -0.4 is 0 Å². The van der Waals surface area contributed by atoms with Crippen molar-refractivity contribution < 1.29 is 4.79 Å². The molecular weight excluding hydrogens is 212 g/mol. The standard InChI is InChI=1S/C11H13ClN2O/c1-8-5-6-14(7-8)11(15)9-3-2-4-10(12)13-9/h2-4,8H,5-7H2,1H3. The number of nitrogens with zero attached hydrogens (tertiary/aromatic N) is 2. The average Bonchev–Trinajstić information content (AvgIpc) is 2.64. The molecule has 0 saturated carbocycles. The summed E-state index contributed by atoms with van der Waals surface area (Å²) in [6.45, 7) is 3.81. The zero-order valence-electron chi connectivity index (χ0n) is 8.61. The quantitative estimate of drug-likeness (QED) is 0.686. The highest BCUT2D eigenvalue weighted by Gasteiger charge is 2.24. The van der Waals surface area contributed by atoms with E-state index in [4.69, 9.17) is 11.6 Å². The van der Waals surface area contributed by atoms with Gasteiger partial charge in [-0.2, -0.15) is 0 Å². The maximum Gasteiger partial charge on any atom is 0.272 e. The number of carbonyl (C=O) groups excluding carboxylic acids is 1. The van der Waals surface area contributed by atoms with E-state index in [9.17, 15) is 4.79 Å². The van der Waals surface area contributed by atoms with Crippen molar-refractivity contribution in [3.05, 3.63) is 29.0 Å². The van der Waals surface area contributed by atoms with Gasteiger partial charge < -0.3 is 4.90 Å². The number of carbonyl (C=O) groups is 1. The van der Waals surface area contributed by atoms with E-state index in [1.807, 2.05) is 4.90 Å². The molecule has 0 N–H and O–H groups in total. The van der Waals surface area contributed by atoms with Crippen LogP contribution in [0, 0.1) is 5.92 Å². The van der Waals surface area contributed by atoms with Gasteiger partial charge >= 0.3 is 0 Å². The number of pyridine rings is 1. The minimum absolute atomic E-state index is 0.0122. The van der Waals surface area contributed by atoms with Crippen LogP contribution in [0.1, 0.15) is 23.8 Å². The maximum absolute atomic E-state index is 11.9. The summed E-state index contributed by atoms with van der Waals surface area (Å²) >= 11 is 5.74. The molecule has 1 aliphatic heterocycles. The number of likely N-dealkylation sites (tertiary alicyclic amines) is 1. The summed E-state index contributed by atoms with van der Waals surface area (Å²) in [5.74, 6) is 0.579. The molecule has 1 amide bonds. The summed E-state index contributed by atoms with van der Waals surface area (Å²) in [6, 6.07) is 5.13. The molecule has 1 aromatic heterocycles. The molecule has 0 aromatic carbocycles. The zero-order chi connectivity index (χ0) is 10.8. The molecule has 0 aliphatic carbocycles. The number of amides is 1. The number of rotatable bonds is 1. The summed E-state index contributed by atoms with van der Waals surface area (Å²) in [4.78, 5) is 17.8. The van der Waals surface area contributed by atoms with Crippen molar-refractivity contribution >= 4 is 17.5 Å². The van der Waals surface area contributed by atoms with E-state index in [-0.39, 0.29) is 5.91 Å². The SMILES string of the molecule is CC1CCN(C(=O)c2cccc(Cl)n2)C1. The highest BCUT2D eigenvalue weighted by atomic mass is 35.5. The first-order chi connectivity index (χ1) is 7.16. The molecule has 80 valence electrons. The fraction of sp³-hybridized carbons (Fsp3) is 0.455. The maximum atomic E-state index is 11.9. The third kappa shape index (κ3) is 2.29. The van der Waals surface area contributed by atoms with Crippen molar-refractivity contribution in [1.29, 1.82) is 0 Å². The number of halogens is 1. The van der Waals surface area contributed by atoms with Crippen LogP contribution in [0.25, 0.3) is 0 Å². The van der Waals surface area contributed by atoms with Gasteiger partial charge in [0.05, 0.1) is 0 Å². The van der Waals surface area contributed by atoms with Crippen molar-refractivity contribution in [2.75, 3.05) is 13.1 Å². The predicted molar refractivity (Wildman–Crippen MR) is 58.9 cm³/mol. The minimum atomic E-state index is -0.0122. The topological polar surface area (TPSA) is 33.2 Å². The lowest BCUT2D eigenvalue weighted by Crippen LogP contribution is -2.29. The Morgan fingerprint density at radius 1 is 1.60 bits per heavy atom. The van der Waals surface area contributed by atoms with Gasteiger partial charge in [-0.15, -0.1) is 0 Å². The predicted octanol–water partition coefficient (Wildman–Crippen LogP) is 2.22. The molecule has 3 nitrogen and oxygen atoms in total. The summed E-state index contributed by atoms with van der Waals surface area (Å²) in [5.41, 5.74) is 0.441.